The van der Waals surface area contributed by atoms with Gasteiger partial charge in [0.1, 0.15) is 0 Å². The predicted molar refractivity (Wildman–Crippen MR) is 121 cm³/mol. The first kappa shape index (κ1) is 35.3. The lowest BCUT2D eigenvalue weighted by atomic mass is 10.2. The zero-order valence-electron chi connectivity index (χ0n) is 20.0. The Morgan fingerprint density at radius 1 is 0.531 bits per heavy atom. The van der Waals surface area contributed by atoms with Crippen molar-refractivity contribution in [1.82, 2.24) is 0 Å². The molecular weight excluding hydrogens is 424 g/mol. The number of carboxylic acids is 2. The smallest absolute Gasteiger partial charge is 0.303 e. The summed E-state index contributed by atoms with van der Waals surface area (Å²) in [6.07, 6.45) is 6.55. The summed E-state index contributed by atoms with van der Waals surface area (Å²) in [6, 6.07) is 0. The van der Waals surface area contributed by atoms with Gasteiger partial charge in [-0.3, -0.25) is 9.59 Å². The van der Waals surface area contributed by atoms with Gasteiger partial charge >= 0.3 is 11.9 Å². The lowest BCUT2D eigenvalue weighted by Gasteiger charge is -2.06. The fourth-order valence-corrected chi connectivity index (χ4v) is 1.94. The maximum Gasteiger partial charge on any atom is 0.303 e. The third-order valence-electron chi connectivity index (χ3n) is 3.58. The summed E-state index contributed by atoms with van der Waals surface area (Å²) in [5, 5.41) is 33.1. The number of aliphatic hydroxyl groups is 2. The molecule has 0 fully saturated rings. The molecule has 0 atom stereocenters. The second-order valence-corrected chi connectivity index (χ2v) is 6.60. The fourth-order valence-electron chi connectivity index (χ4n) is 1.94. The molecule has 0 aliphatic heterocycles. The van der Waals surface area contributed by atoms with Gasteiger partial charge in [0.05, 0.1) is 66.1 Å². The standard InChI is InChI=1S/C10H22O6.2C6H12O2/c11-1-3-13-5-7-15-9-10-16-8-6-14-4-2-12;2*1-2-3-4-5-6(7)8/h11-12H,1-10H2;2*2-5H2,1H3,(H,7,8). The minimum Gasteiger partial charge on any atom is -0.481 e. The van der Waals surface area contributed by atoms with Gasteiger partial charge in [0, 0.05) is 12.8 Å². The van der Waals surface area contributed by atoms with Crippen molar-refractivity contribution in [2.24, 2.45) is 0 Å². The van der Waals surface area contributed by atoms with E-state index in [-0.39, 0.29) is 13.2 Å². The summed E-state index contributed by atoms with van der Waals surface area (Å²) >= 11 is 0. The van der Waals surface area contributed by atoms with Crippen molar-refractivity contribution in [2.45, 2.75) is 65.2 Å². The van der Waals surface area contributed by atoms with Crippen LogP contribution in [0.15, 0.2) is 0 Å². The Morgan fingerprint density at radius 2 is 0.812 bits per heavy atom. The van der Waals surface area contributed by atoms with Gasteiger partial charge in [0.25, 0.3) is 0 Å². The molecule has 10 heteroatoms. The molecule has 0 bridgehead atoms. The summed E-state index contributed by atoms with van der Waals surface area (Å²) in [4.78, 5) is 19.7. The second-order valence-electron chi connectivity index (χ2n) is 6.60. The largest absolute Gasteiger partial charge is 0.481 e. The first-order valence-electron chi connectivity index (χ1n) is 11.4. The SMILES string of the molecule is CCCCCC(=O)O.CCCCCC(=O)O.OCCOCCOCCOCCOCCO. The highest BCUT2D eigenvalue weighted by Crippen LogP contribution is 1.97. The van der Waals surface area contributed by atoms with Crippen molar-refractivity contribution in [3.05, 3.63) is 0 Å². The van der Waals surface area contributed by atoms with E-state index in [0.29, 0.717) is 65.7 Å². The van der Waals surface area contributed by atoms with Crippen molar-refractivity contribution in [3.8, 4) is 0 Å². The van der Waals surface area contributed by atoms with Gasteiger partial charge in [-0.15, -0.1) is 0 Å². The van der Waals surface area contributed by atoms with Crippen LogP contribution in [0, 0.1) is 0 Å². The van der Waals surface area contributed by atoms with Crippen molar-refractivity contribution < 1.29 is 49.0 Å². The number of hydrogen-bond acceptors (Lipinski definition) is 8. The average Bonchev–Trinajstić information content (AvgIpc) is 2.75. The van der Waals surface area contributed by atoms with Crippen LogP contribution >= 0.6 is 0 Å². The third kappa shape index (κ3) is 46.8. The summed E-state index contributed by atoms with van der Waals surface area (Å²) in [6.45, 7) is 7.90. The Labute approximate surface area is 192 Å². The van der Waals surface area contributed by atoms with Crippen molar-refractivity contribution >= 4 is 11.9 Å². The maximum atomic E-state index is 9.87. The highest BCUT2D eigenvalue weighted by molar-refractivity contribution is 5.66. The van der Waals surface area contributed by atoms with Gasteiger partial charge < -0.3 is 39.4 Å². The molecule has 0 aromatic carbocycles. The number of hydrogen-bond donors (Lipinski definition) is 4. The number of carbonyl (C=O) groups is 2. The van der Waals surface area contributed by atoms with Crippen LogP contribution in [0.1, 0.15) is 65.2 Å². The van der Waals surface area contributed by atoms with Crippen LogP contribution < -0.4 is 0 Å². The minimum atomic E-state index is -0.682. The molecule has 32 heavy (non-hydrogen) atoms. The van der Waals surface area contributed by atoms with E-state index in [1.165, 1.54) is 0 Å². The van der Waals surface area contributed by atoms with E-state index in [0.717, 1.165) is 38.5 Å². The van der Waals surface area contributed by atoms with E-state index in [1.54, 1.807) is 0 Å². The van der Waals surface area contributed by atoms with E-state index >= 15 is 0 Å². The highest BCUT2D eigenvalue weighted by atomic mass is 16.6. The van der Waals surface area contributed by atoms with Crippen molar-refractivity contribution in [1.29, 1.82) is 0 Å². The summed E-state index contributed by atoms with van der Waals surface area (Å²) in [7, 11) is 0. The van der Waals surface area contributed by atoms with Crippen LogP contribution in [0.4, 0.5) is 0 Å². The van der Waals surface area contributed by atoms with Crippen LogP contribution in [0.25, 0.3) is 0 Å². The Morgan fingerprint density at radius 3 is 1.03 bits per heavy atom. The van der Waals surface area contributed by atoms with Crippen LogP contribution in [-0.4, -0.2) is 98.4 Å². The lowest BCUT2D eigenvalue weighted by molar-refractivity contribution is -0.138. The topological polar surface area (TPSA) is 152 Å². The first-order chi connectivity index (χ1) is 15.5. The number of aliphatic hydroxyl groups excluding tert-OH is 2. The first-order valence-corrected chi connectivity index (χ1v) is 11.4. The van der Waals surface area contributed by atoms with Gasteiger partial charge in [-0.1, -0.05) is 39.5 Å². The Hall–Kier alpha value is -1.30. The van der Waals surface area contributed by atoms with Gasteiger partial charge in [-0.05, 0) is 12.8 Å². The van der Waals surface area contributed by atoms with Crippen molar-refractivity contribution in [2.75, 3.05) is 66.1 Å². The minimum absolute atomic E-state index is 0.0386. The summed E-state index contributed by atoms with van der Waals surface area (Å²) in [5.41, 5.74) is 0. The molecule has 0 aliphatic rings. The van der Waals surface area contributed by atoms with Gasteiger partial charge in [-0.2, -0.15) is 0 Å². The monoisotopic (exact) mass is 470 g/mol. The molecule has 0 amide bonds. The fraction of sp³-hybridized carbons (Fsp3) is 0.909. The van der Waals surface area contributed by atoms with Crippen LogP contribution in [-0.2, 0) is 28.5 Å². The number of unbranched alkanes of at least 4 members (excludes halogenated alkanes) is 4. The number of rotatable bonds is 21. The molecule has 0 radical (unpaired) electrons. The predicted octanol–water partition coefficient (Wildman–Crippen LogP) is 2.34. The zero-order chi connectivity index (χ0) is 24.7. The average molecular weight is 471 g/mol. The molecule has 0 heterocycles. The molecule has 10 nitrogen and oxygen atoms in total. The van der Waals surface area contributed by atoms with Crippen LogP contribution in [0.5, 0.6) is 0 Å². The van der Waals surface area contributed by atoms with E-state index < -0.39 is 11.9 Å². The summed E-state index contributed by atoms with van der Waals surface area (Å²) in [5.74, 6) is -1.36. The number of ether oxygens (including phenoxy) is 4. The van der Waals surface area contributed by atoms with E-state index in [2.05, 4.69) is 13.8 Å². The van der Waals surface area contributed by atoms with Gasteiger partial charge in [0.15, 0.2) is 0 Å². The number of carboxylic acid groups (broad SMARTS) is 2. The van der Waals surface area contributed by atoms with Gasteiger partial charge in [0.2, 0.25) is 0 Å². The third-order valence-corrected chi connectivity index (χ3v) is 3.58. The Balaban J connectivity index is -0.000000441. The van der Waals surface area contributed by atoms with Gasteiger partial charge in [-0.25, -0.2) is 0 Å². The lowest BCUT2D eigenvalue weighted by Crippen LogP contribution is -2.13. The molecule has 0 spiro atoms. The molecular formula is C22H46O10. The molecule has 0 aromatic rings. The zero-order valence-corrected chi connectivity index (χ0v) is 20.0. The maximum absolute atomic E-state index is 9.87. The molecule has 0 aliphatic carbocycles. The van der Waals surface area contributed by atoms with Crippen LogP contribution in [0.2, 0.25) is 0 Å². The molecule has 0 aromatic heterocycles. The Kier molecular flexibility index (Phi) is 37.8. The Bertz CT molecular complexity index is 333. The summed E-state index contributed by atoms with van der Waals surface area (Å²) < 4.78 is 20.4. The molecule has 0 saturated heterocycles. The van der Waals surface area contributed by atoms with E-state index in [1.807, 2.05) is 0 Å². The molecule has 0 rings (SSSR count). The quantitative estimate of drug-likeness (QED) is 0.184. The second kappa shape index (κ2) is 34.3. The van der Waals surface area contributed by atoms with E-state index in [9.17, 15) is 9.59 Å². The molecule has 4 N–H and O–H groups in total. The molecule has 194 valence electrons. The van der Waals surface area contributed by atoms with Crippen LogP contribution in [0.3, 0.4) is 0 Å². The van der Waals surface area contributed by atoms with E-state index in [4.69, 9.17) is 39.4 Å². The number of aliphatic carboxylic acids is 2. The molecule has 0 saturated carbocycles. The molecule has 0 unspecified atom stereocenters. The van der Waals surface area contributed by atoms with Crippen molar-refractivity contribution in [3.63, 3.8) is 0 Å². The normalized spacial score (nSPS) is 10.0. The highest BCUT2D eigenvalue weighted by Gasteiger charge is 1.94.